The summed E-state index contributed by atoms with van der Waals surface area (Å²) in [6, 6.07) is 9.05. The van der Waals surface area contributed by atoms with Crippen LogP contribution in [0.5, 0.6) is 0 Å². The van der Waals surface area contributed by atoms with E-state index in [2.05, 4.69) is 5.32 Å². The van der Waals surface area contributed by atoms with Gasteiger partial charge in [0.25, 0.3) is 11.5 Å². The third-order valence-corrected chi connectivity index (χ3v) is 3.84. The zero-order chi connectivity index (χ0) is 17.0. The number of ether oxygens (including phenoxy) is 1. The number of nitrogens with one attached hydrogen (secondary N) is 1. The summed E-state index contributed by atoms with van der Waals surface area (Å²) in [7, 11) is 1.32. The number of benzene rings is 1. The normalized spacial score (nSPS) is 13.4. The summed E-state index contributed by atoms with van der Waals surface area (Å²) in [4.78, 5) is 24.8. The molecule has 1 heterocycles. The maximum Gasteiger partial charge on any atom is 0.274 e. The molecule has 23 heavy (non-hydrogen) atoms. The minimum Gasteiger partial charge on any atom is -0.364 e. The van der Waals surface area contributed by atoms with E-state index in [9.17, 15) is 14.0 Å². The van der Waals surface area contributed by atoms with Crippen molar-refractivity contribution in [3.8, 4) is 0 Å². The average Bonchev–Trinajstić information content (AvgIpc) is 2.56. The van der Waals surface area contributed by atoms with Gasteiger partial charge >= 0.3 is 0 Å². The molecule has 2 rings (SSSR count). The topological polar surface area (TPSA) is 60.3 Å². The zero-order valence-electron chi connectivity index (χ0n) is 13.3. The molecule has 0 aliphatic carbocycles. The molecule has 2 aromatic rings. The number of carbonyl (C=O) groups excluding carboxylic acids is 1. The number of methoxy groups -OCH3 is 1. The second kappa shape index (κ2) is 6.75. The van der Waals surface area contributed by atoms with E-state index in [1.54, 1.807) is 18.3 Å². The number of rotatable bonds is 5. The molecule has 0 aliphatic rings. The lowest BCUT2D eigenvalue weighted by molar-refractivity contribution is -0.137. The van der Waals surface area contributed by atoms with E-state index >= 15 is 0 Å². The van der Waals surface area contributed by atoms with Crippen LogP contribution in [0.1, 0.15) is 19.4 Å². The Morgan fingerprint density at radius 1 is 1.30 bits per heavy atom. The molecule has 6 heteroatoms. The van der Waals surface area contributed by atoms with Crippen LogP contribution in [0.25, 0.3) is 0 Å². The summed E-state index contributed by atoms with van der Waals surface area (Å²) >= 11 is 0. The van der Waals surface area contributed by atoms with Crippen molar-refractivity contribution in [2.45, 2.75) is 26.0 Å². The van der Waals surface area contributed by atoms with Crippen LogP contribution < -0.4 is 10.9 Å². The molecule has 5 nitrogen and oxygen atoms in total. The Kier molecular flexibility index (Phi) is 4.95. The van der Waals surface area contributed by atoms with Gasteiger partial charge in [-0.3, -0.25) is 9.59 Å². The van der Waals surface area contributed by atoms with Crippen LogP contribution in [0.4, 0.5) is 10.1 Å². The fraction of sp³-hybridized carbons (Fsp3) is 0.294. The van der Waals surface area contributed by atoms with Crippen molar-refractivity contribution in [3.05, 3.63) is 64.3 Å². The molecular formula is C17H19FN2O3. The predicted molar refractivity (Wildman–Crippen MR) is 85.8 cm³/mol. The van der Waals surface area contributed by atoms with Crippen molar-refractivity contribution < 1.29 is 13.9 Å². The molecule has 0 bridgehead atoms. The SMILES string of the molecule is CCn1cccc(NC(=O)C(C)(OC)c2ccccc2F)c1=O. The molecule has 0 saturated heterocycles. The first-order valence-electron chi connectivity index (χ1n) is 7.25. The summed E-state index contributed by atoms with van der Waals surface area (Å²) in [5, 5.41) is 2.54. The number of hydrogen-bond donors (Lipinski definition) is 1. The van der Waals surface area contributed by atoms with E-state index in [0.717, 1.165) is 0 Å². The van der Waals surface area contributed by atoms with Crippen molar-refractivity contribution in [2.75, 3.05) is 12.4 Å². The molecule has 0 radical (unpaired) electrons. The lowest BCUT2D eigenvalue weighted by Crippen LogP contribution is -2.41. The Morgan fingerprint density at radius 3 is 2.61 bits per heavy atom. The van der Waals surface area contributed by atoms with Crippen molar-refractivity contribution in [3.63, 3.8) is 0 Å². The second-order valence-corrected chi connectivity index (χ2v) is 5.18. The van der Waals surface area contributed by atoms with Gasteiger partial charge in [-0.1, -0.05) is 18.2 Å². The summed E-state index contributed by atoms with van der Waals surface area (Å²) in [5.41, 5.74) is -1.65. The van der Waals surface area contributed by atoms with Crippen molar-refractivity contribution in [1.82, 2.24) is 4.57 Å². The molecule has 0 aliphatic heterocycles. The summed E-state index contributed by atoms with van der Waals surface area (Å²) in [5.74, 6) is -1.16. The first kappa shape index (κ1) is 16.9. The van der Waals surface area contributed by atoms with Crippen molar-refractivity contribution in [2.24, 2.45) is 0 Å². The first-order chi connectivity index (χ1) is 10.9. The number of aromatic nitrogens is 1. The number of pyridine rings is 1. The van der Waals surface area contributed by atoms with Crippen molar-refractivity contribution in [1.29, 1.82) is 0 Å². The largest absolute Gasteiger partial charge is 0.364 e. The zero-order valence-corrected chi connectivity index (χ0v) is 13.3. The van der Waals surface area contributed by atoms with Gasteiger partial charge in [0, 0.05) is 25.4 Å². The molecule has 1 N–H and O–H groups in total. The maximum absolute atomic E-state index is 14.0. The van der Waals surface area contributed by atoms with Crippen LogP contribution in [0.15, 0.2) is 47.4 Å². The molecule has 0 spiro atoms. The van der Waals surface area contributed by atoms with Gasteiger partial charge < -0.3 is 14.6 Å². The van der Waals surface area contributed by atoms with Gasteiger partial charge in [0.2, 0.25) is 0 Å². The average molecular weight is 318 g/mol. The molecule has 1 amide bonds. The quantitative estimate of drug-likeness (QED) is 0.921. The van der Waals surface area contributed by atoms with Crippen LogP contribution in [-0.2, 0) is 21.7 Å². The van der Waals surface area contributed by atoms with E-state index in [-0.39, 0.29) is 16.8 Å². The Bertz CT molecular complexity index is 772. The molecule has 0 saturated carbocycles. The van der Waals surface area contributed by atoms with Crippen LogP contribution in [0.3, 0.4) is 0 Å². The Labute approximate surface area is 133 Å². The van der Waals surface area contributed by atoms with Crippen LogP contribution >= 0.6 is 0 Å². The standard InChI is InChI=1S/C17H19FN2O3/c1-4-20-11-7-10-14(15(20)21)19-16(22)17(2,23-3)12-8-5-6-9-13(12)18/h5-11H,4H2,1-3H3,(H,19,22). The fourth-order valence-electron chi connectivity index (χ4n) is 2.30. The molecule has 122 valence electrons. The summed E-state index contributed by atoms with van der Waals surface area (Å²) < 4.78 is 20.8. The first-order valence-corrected chi connectivity index (χ1v) is 7.25. The lowest BCUT2D eigenvalue weighted by Gasteiger charge is -2.27. The molecule has 0 fully saturated rings. The van der Waals surface area contributed by atoms with Crippen molar-refractivity contribution >= 4 is 11.6 Å². The summed E-state index contributed by atoms with van der Waals surface area (Å²) in [6.07, 6.45) is 1.63. The highest BCUT2D eigenvalue weighted by molar-refractivity contribution is 5.97. The number of nitrogens with zero attached hydrogens (tertiary/aromatic N) is 1. The van der Waals surface area contributed by atoms with Gasteiger partial charge in [-0.05, 0) is 32.0 Å². The Morgan fingerprint density at radius 2 is 2.00 bits per heavy atom. The maximum atomic E-state index is 14.0. The van der Waals surface area contributed by atoms with E-state index in [4.69, 9.17) is 4.74 Å². The van der Waals surface area contributed by atoms with Crippen LogP contribution in [0, 0.1) is 5.82 Å². The highest BCUT2D eigenvalue weighted by Gasteiger charge is 2.38. The van der Waals surface area contributed by atoms with Crippen LogP contribution in [0.2, 0.25) is 0 Å². The van der Waals surface area contributed by atoms with E-state index < -0.39 is 17.3 Å². The lowest BCUT2D eigenvalue weighted by atomic mass is 9.94. The Balaban J connectivity index is 2.39. The number of carbonyl (C=O) groups is 1. The number of hydrogen-bond acceptors (Lipinski definition) is 3. The van der Waals surface area contributed by atoms with Gasteiger partial charge in [0.05, 0.1) is 0 Å². The highest BCUT2D eigenvalue weighted by atomic mass is 19.1. The molecule has 1 atom stereocenters. The van der Waals surface area contributed by atoms with Crippen LogP contribution in [-0.4, -0.2) is 17.6 Å². The molecule has 1 aromatic heterocycles. The smallest absolute Gasteiger partial charge is 0.274 e. The third kappa shape index (κ3) is 3.17. The van der Waals surface area contributed by atoms with Gasteiger partial charge in [-0.25, -0.2) is 4.39 Å². The fourth-order valence-corrected chi connectivity index (χ4v) is 2.30. The van der Waals surface area contributed by atoms with Gasteiger partial charge in [0.15, 0.2) is 5.60 Å². The molecule has 1 aromatic carbocycles. The third-order valence-electron chi connectivity index (χ3n) is 3.84. The molecule has 1 unspecified atom stereocenters. The van der Waals surface area contributed by atoms with Gasteiger partial charge in [-0.2, -0.15) is 0 Å². The highest BCUT2D eigenvalue weighted by Crippen LogP contribution is 2.28. The van der Waals surface area contributed by atoms with E-state index in [0.29, 0.717) is 6.54 Å². The minimum atomic E-state index is -1.55. The number of amides is 1. The number of aryl methyl sites for hydroxylation is 1. The Hall–Kier alpha value is -2.47. The van der Waals surface area contributed by atoms with Gasteiger partial charge in [0.1, 0.15) is 11.5 Å². The predicted octanol–water partition coefficient (Wildman–Crippen LogP) is 2.51. The number of anilines is 1. The minimum absolute atomic E-state index is 0.103. The van der Waals surface area contributed by atoms with E-state index in [1.807, 2.05) is 6.92 Å². The number of halogens is 1. The monoisotopic (exact) mass is 318 g/mol. The summed E-state index contributed by atoms with van der Waals surface area (Å²) in [6.45, 7) is 3.77. The van der Waals surface area contributed by atoms with Gasteiger partial charge in [-0.15, -0.1) is 0 Å². The molecular weight excluding hydrogens is 299 g/mol. The second-order valence-electron chi connectivity index (χ2n) is 5.18. The van der Waals surface area contributed by atoms with E-state index in [1.165, 1.54) is 42.9 Å².